The third-order valence-electron chi connectivity index (χ3n) is 1.000. The summed E-state index contributed by atoms with van der Waals surface area (Å²) in [6.45, 7) is 5.39. The van der Waals surface area contributed by atoms with Crippen LogP contribution in [0.3, 0.4) is 0 Å². The van der Waals surface area contributed by atoms with Crippen LogP contribution in [0, 0.1) is 0 Å². The molecule has 0 radical (unpaired) electrons. The molecule has 0 spiro atoms. The molecule has 3 nitrogen and oxygen atoms in total. The van der Waals surface area contributed by atoms with Gasteiger partial charge >= 0.3 is 0 Å². The van der Waals surface area contributed by atoms with E-state index in [2.05, 4.69) is 9.99 Å². The first kappa shape index (κ1) is 9.14. The zero-order chi connectivity index (χ0) is 7.98. The molecule has 0 aliphatic carbocycles. The number of ketones is 1. The molecular weight excluding hydrogens is 130 g/mol. The molecule has 0 N–H and O–H groups in total. The van der Waals surface area contributed by atoms with Crippen LogP contribution in [0.25, 0.3) is 0 Å². The normalized spacial score (nSPS) is 11.3. The van der Waals surface area contributed by atoms with Crippen LogP contribution in [0.2, 0.25) is 0 Å². The number of nitrogens with zero attached hydrogens (tertiary/aromatic N) is 1. The lowest BCUT2D eigenvalue weighted by molar-refractivity contribution is -0.121. The maximum atomic E-state index is 10.3. The number of Topliss-reactive ketones (excluding diaryl/α,β-unsaturated/α-hetero) is 1. The van der Waals surface area contributed by atoms with Gasteiger partial charge in [-0.25, -0.2) is 0 Å². The predicted molar refractivity (Wildman–Crippen MR) is 40.0 cm³/mol. The lowest BCUT2D eigenvalue weighted by Crippen LogP contribution is -2.01. The fraction of sp³-hybridized carbons (Fsp3) is 0.714. The highest BCUT2D eigenvalue weighted by Gasteiger charge is 1.90. The van der Waals surface area contributed by atoms with Crippen molar-refractivity contribution < 1.29 is 9.63 Å². The summed E-state index contributed by atoms with van der Waals surface area (Å²) >= 11 is 0. The molecule has 10 heavy (non-hydrogen) atoms. The summed E-state index contributed by atoms with van der Waals surface area (Å²) in [6, 6.07) is 0. The molecule has 0 aliphatic heterocycles. The molecule has 0 atom stereocenters. The summed E-state index contributed by atoms with van der Waals surface area (Å²) in [5.74, 6) is -0.00680. The SMILES string of the molecule is CC/C(C)=N/OCC(C)=O. The van der Waals surface area contributed by atoms with E-state index in [0.717, 1.165) is 12.1 Å². The van der Waals surface area contributed by atoms with Gasteiger partial charge in [-0.1, -0.05) is 12.1 Å². The minimum atomic E-state index is -0.00680. The zero-order valence-electron chi connectivity index (χ0n) is 6.68. The van der Waals surface area contributed by atoms with Crippen LogP contribution in [0.15, 0.2) is 5.16 Å². The summed E-state index contributed by atoms with van der Waals surface area (Å²) in [4.78, 5) is 15.0. The topological polar surface area (TPSA) is 38.7 Å². The van der Waals surface area contributed by atoms with E-state index in [1.807, 2.05) is 13.8 Å². The van der Waals surface area contributed by atoms with Crippen molar-refractivity contribution in [3.8, 4) is 0 Å². The molecule has 0 aromatic rings. The van der Waals surface area contributed by atoms with Crippen molar-refractivity contribution in [3.05, 3.63) is 0 Å². The van der Waals surface area contributed by atoms with E-state index in [1.165, 1.54) is 6.92 Å². The number of hydrogen-bond donors (Lipinski definition) is 0. The smallest absolute Gasteiger partial charge is 0.174 e. The van der Waals surface area contributed by atoms with Gasteiger partial charge in [0.2, 0.25) is 0 Å². The Hall–Kier alpha value is -0.860. The van der Waals surface area contributed by atoms with Crippen molar-refractivity contribution in [2.75, 3.05) is 6.61 Å². The Morgan fingerprint density at radius 1 is 1.50 bits per heavy atom. The van der Waals surface area contributed by atoms with Crippen LogP contribution in [0.4, 0.5) is 0 Å². The molecule has 0 amide bonds. The van der Waals surface area contributed by atoms with E-state index in [4.69, 9.17) is 0 Å². The maximum Gasteiger partial charge on any atom is 0.174 e. The van der Waals surface area contributed by atoms with Gasteiger partial charge in [-0.3, -0.25) is 4.79 Å². The lowest BCUT2D eigenvalue weighted by atomic mass is 10.3. The first-order chi connectivity index (χ1) is 4.66. The molecule has 0 fully saturated rings. The Bertz CT molecular complexity index is 141. The molecule has 0 aliphatic rings. The summed E-state index contributed by atoms with van der Waals surface area (Å²) < 4.78 is 0. The highest BCUT2D eigenvalue weighted by molar-refractivity contribution is 5.81. The molecule has 0 bridgehead atoms. The van der Waals surface area contributed by atoms with Crippen LogP contribution in [0.5, 0.6) is 0 Å². The van der Waals surface area contributed by atoms with Gasteiger partial charge in [0.15, 0.2) is 12.4 Å². The fourth-order valence-corrected chi connectivity index (χ4v) is 0.298. The molecule has 0 saturated carbocycles. The largest absolute Gasteiger partial charge is 0.388 e. The molecule has 0 aromatic carbocycles. The Kier molecular flexibility index (Phi) is 4.54. The molecule has 0 rings (SSSR count). The number of carbonyl (C=O) groups is 1. The Morgan fingerprint density at radius 2 is 2.10 bits per heavy atom. The zero-order valence-corrected chi connectivity index (χ0v) is 6.68. The average molecular weight is 143 g/mol. The predicted octanol–water partition coefficient (Wildman–Crippen LogP) is 1.38. The number of hydrogen-bond acceptors (Lipinski definition) is 3. The molecule has 0 saturated heterocycles. The van der Waals surface area contributed by atoms with Gasteiger partial charge in [0.25, 0.3) is 0 Å². The standard InChI is InChI=1S/C7H13NO2/c1-4-6(2)8-10-5-7(3)9/h4-5H2,1-3H3/b8-6+. The fourth-order valence-electron chi connectivity index (χ4n) is 0.298. The Morgan fingerprint density at radius 3 is 2.50 bits per heavy atom. The maximum absolute atomic E-state index is 10.3. The lowest BCUT2D eigenvalue weighted by Gasteiger charge is -1.95. The summed E-state index contributed by atoms with van der Waals surface area (Å²) in [7, 11) is 0. The highest BCUT2D eigenvalue weighted by Crippen LogP contribution is 1.85. The minimum Gasteiger partial charge on any atom is -0.388 e. The van der Waals surface area contributed by atoms with Crippen LogP contribution in [-0.4, -0.2) is 18.1 Å². The number of oxime groups is 1. The second kappa shape index (κ2) is 4.97. The van der Waals surface area contributed by atoms with E-state index in [9.17, 15) is 4.79 Å². The second-order valence-corrected chi connectivity index (χ2v) is 2.16. The minimum absolute atomic E-state index is 0.00680. The quantitative estimate of drug-likeness (QED) is 0.440. The molecule has 0 heterocycles. The summed E-state index contributed by atoms with van der Waals surface area (Å²) in [5, 5.41) is 3.68. The van der Waals surface area contributed by atoms with Crippen LogP contribution in [0.1, 0.15) is 27.2 Å². The van der Waals surface area contributed by atoms with Crippen molar-refractivity contribution in [3.63, 3.8) is 0 Å². The molecular formula is C7H13NO2. The van der Waals surface area contributed by atoms with Crippen molar-refractivity contribution in [2.45, 2.75) is 27.2 Å². The van der Waals surface area contributed by atoms with Gasteiger partial charge in [0.05, 0.1) is 5.71 Å². The van der Waals surface area contributed by atoms with Crippen molar-refractivity contribution in [1.82, 2.24) is 0 Å². The van der Waals surface area contributed by atoms with Gasteiger partial charge in [-0.05, 0) is 20.3 Å². The highest BCUT2D eigenvalue weighted by atomic mass is 16.6. The van der Waals surface area contributed by atoms with Crippen LogP contribution >= 0.6 is 0 Å². The van der Waals surface area contributed by atoms with E-state index < -0.39 is 0 Å². The molecule has 0 aromatic heterocycles. The average Bonchev–Trinajstić information content (AvgIpc) is 1.87. The van der Waals surface area contributed by atoms with Gasteiger partial charge < -0.3 is 4.84 Å². The molecule has 3 heteroatoms. The van der Waals surface area contributed by atoms with E-state index in [0.29, 0.717) is 0 Å². The van der Waals surface area contributed by atoms with Crippen molar-refractivity contribution in [1.29, 1.82) is 0 Å². The Labute approximate surface area is 61.1 Å². The summed E-state index contributed by atoms with van der Waals surface area (Å²) in [5.41, 5.74) is 0.904. The van der Waals surface area contributed by atoms with Crippen molar-refractivity contribution in [2.24, 2.45) is 5.16 Å². The third kappa shape index (κ3) is 5.28. The molecule has 58 valence electrons. The number of rotatable bonds is 4. The number of carbonyl (C=O) groups excluding carboxylic acids is 1. The van der Waals surface area contributed by atoms with E-state index in [-0.39, 0.29) is 12.4 Å². The van der Waals surface area contributed by atoms with Gasteiger partial charge in [0.1, 0.15) is 0 Å². The second-order valence-electron chi connectivity index (χ2n) is 2.16. The van der Waals surface area contributed by atoms with E-state index in [1.54, 1.807) is 0 Å². The first-order valence-electron chi connectivity index (χ1n) is 3.31. The van der Waals surface area contributed by atoms with Gasteiger partial charge in [0, 0.05) is 0 Å². The molecule has 0 unspecified atom stereocenters. The first-order valence-corrected chi connectivity index (χ1v) is 3.31. The van der Waals surface area contributed by atoms with Crippen molar-refractivity contribution >= 4 is 11.5 Å². The van der Waals surface area contributed by atoms with Crippen LogP contribution in [-0.2, 0) is 9.63 Å². The Balaban J connectivity index is 3.43. The van der Waals surface area contributed by atoms with Crippen LogP contribution < -0.4 is 0 Å². The van der Waals surface area contributed by atoms with Gasteiger partial charge in [-0.2, -0.15) is 0 Å². The van der Waals surface area contributed by atoms with Gasteiger partial charge in [-0.15, -0.1) is 0 Å². The monoisotopic (exact) mass is 143 g/mol. The summed E-state index contributed by atoms with van der Waals surface area (Å²) in [6.07, 6.45) is 0.859. The van der Waals surface area contributed by atoms with E-state index >= 15 is 0 Å². The third-order valence-corrected chi connectivity index (χ3v) is 1.000.